The van der Waals surface area contributed by atoms with Crippen molar-refractivity contribution in [2.75, 3.05) is 23.9 Å². The van der Waals surface area contributed by atoms with Gasteiger partial charge in [0.25, 0.3) is 0 Å². The molecule has 130 valence electrons. The minimum atomic E-state index is 0.371. The van der Waals surface area contributed by atoms with E-state index in [0.717, 1.165) is 35.7 Å². The molecule has 0 spiro atoms. The van der Waals surface area contributed by atoms with Crippen LogP contribution in [0.1, 0.15) is 5.56 Å². The molecule has 2 N–H and O–H groups in total. The summed E-state index contributed by atoms with van der Waals surface area (Å²) in [5.41, 5.74) is 6.67. The number of hydrogen-bond donors (Lipinski definition) is 2. The molecule has 0 aliphatic carbocycles. The summed E-state index contributed by atoms with van der Waals surface area (Å²) in [5, 5.41) is 6.62. The fourth-order valence-corrected chi connectivity index (χ4v) is 3.18. The van der Waals surface area contributed by atoms with Crippen LogP contribution in [-0.2, 0) is 6.42 Å². The molecule has 0 amide bonds. The average Bonchev–Trinajstić information content (AvgIpc) is 3.17. The summed E-state index contributed by atoms with van der Waals surface area (Å²) in [5.74, 6) is 0.718. The van der Waals surface area contributed by atoms with Crippen LogP contribution in [0.3, 0.4) is 0 Å². The van der Waals surface area contributed by atoms with Gasteiger partial charge in [0, 0.05) is 17.9 Å². The Balaban J connectivity index is 1.50. The summed E-state index contributed by atoms with van der Waals surface area (Å²) in [6.07, 6.45) is 1.07. The van der Waals surface area contributed by atoms with Crippen molar-refractivity contribution in [1.82, 2.24) is 0 Å². The van der Waals surface area contributed by atoms with Gasteiger partial charge in [-0.2, -0.15) is 0 Å². The van der Waals surface area contributed by atoms with Crippen LogP contribution in [0.4, 0.5) is 17.1 Å². The number of nitrogens with zero attached hydrogens (tertiary/aromatic N) is 1. The van der Waals surface area contributed by atoms with Crippen LogP contribution in [0.5, 0.6) is 5.75 Å². The lowest BCUT2D eigenvalue weighted by atomic mass is 10.0. The fourth-order valence-electron chi connectivity index (χ4n) is 3.18. The SMILES string of the molecule is C=Nc1cc(-c2ccc3c(c2)CCN3)ccc1OCNc1ccccc1. The summed E-state index contributed by atoms with van der Waals surface area (Å²) in [6, 6.07) is 22.5. The van der Waals surface area contributed by atoms with Crippen molar-refractivity contribution in [3.05, 3.63) is 72.3 Å². The third-order valence-corrected chi connectivity index (χ3v) is 4.56. The van der Waals surface area contributed by atoms with Crippen LogP contribution in [0.25, 0.3) is 11.1 Å². The first-order valence-corrected chi connectivity index (χ1v) is 8.73. The van der Waals surface area contributed by atoms with Crippen molar-refractivity contribution >= 4 is 23.8 Å². The minimum Gasteiger partial charge on any atom is -0.471 e. The van der Waals surface area contributed by atoms with Gasteiger partial charge in [-0.25, -0.2) is 0 Å². The Labute approximate surface area is 153 Å². The van der Waals surface area contributed by atoms with Gasteiger partial charge < -0.3 is 15.4 Å². The van der Waals surface area contributed by atoms with E-state index in [2.05, 4.69) is 46.6 Å². The number of rotatable bonds is 6. The quantitative estimate of drug-likeness (QED) is 0.483. The highest BCUT2D eigenvalue weighted by Crippen LogP contribution is 2.34. The first kappa shape index (κ1) is 16.2. The number of nitrogens with one attached hydrogen (secondary N) is 2. The molecule has 0 saturated heterocycles. The smallest absolute Gasteiger partial charge is 0.159 e. The number of ether oxygens (including phenoxy) is 1. The van der Waals surface area contributed by atoms with E-state index in [1.54, 1.807) is 0 Å². The van der Waals surface area contributed by atoms with Gasteiger partial charge in [-0.05, 0) is 66.2 Å². The normalized spacial score (nSPS) is 12.2. The fraction of sp³-hybridized carbons (Fsp3) is 0.136. The van der Waals surface area contributed by atoms with Crippen molar-refractivity contribution in [3.8, 4) is 16.9 Å². The number of anilines is 2. The molecule has 4 nitrogen and oxygen atoms in total. The monoisotopic (exact) mass is 343 g/mol. The number of aliphatic imine (C=N–C) groups is 1. The second kappa shape index (κ2) is 7.31. The highest BCUT2D eigenvalue weighted by Gasteiger charge is 2.12. The maximum Gasteiger partial charge on any atom is 0.159 e. The van der Waals surface area contributed by atoms with E-state index in [4.69, 9.17) is 4.74 Å². The van der Waals surface area contributed by atoms with E-state index in [9.17, 15) is 0 Å². The van der Waals surface area contributed by atoms with Crippen LogP contribution in [0.2, 0.25) is 0 Å². The largest absolute Gasteiger partial charge is 0.471 e. The summed E-state index contributed by atoms with van der Waals surface area (Å²) < 4.78 is 5.84. The first-order chi connectivity index (χ1) is 12.8. The summed E-state index contributed by atoms with van der Waals surface area (Å²) in [7, 11) is 0. The van der Waals surface area contributed by atoms with Crippen molar-refractivity contribution in [1.29, 1.82) is 0 Å². The predicted octanol–water partition coefficient (Wildman–Crippen LogP) is 5.10. The Morgan fingerprint density at radius 2 is 1.81 bits per heavy atom. The van der Waals surface area contributed by atoms with Crippen LogP contribution in [0, 0.1) is 0 Å². The van der Waals surface area contributed by atoms with Crippen LogP contribution < -0.4 is 15.4 Å². The molecule has 4 rings (SSSR count). The molecule has 26 heavy (non-hydrogen) atoms. The molecule has 1 heterocycles. The number of fused-ring (bicyclic) bond motifs is 1. The lowest BCUT2D eigenvalue weighted by molar-refractivity contribution is 0.348. The maximum absolute atomic E-state index is 5.84. The molecule has 0 saturated carbocycles. The lowest BCUT2D eigenvalue weighted by Gasteiger charge is -2.12. The minimum absolute atomic E-state index is 0.371. The van der Waals surface area contributed by atoms with Gasteiger partial charge >= 0.3 is 0 Å². The van der Waals surface area contributed by atoms with Crippen LogP contribution >= 0.6 is 0 Å². The van der Waals surface area contributed by atoms with E-state index >= 15 is 0 Å². The van der Waals surface area contributed by atoms with Crippen molar-refractivity contribution in [2.45, 2.75) is 6.42 Å². The van der Waals surface area contributed by atoms with Crippen molar-refractivity contribution in [2.24, 2.45) is 4.99 Å². The second-order valence-corrected chi connectivity index (χ2v) is 6.22. The molecular formula is C22H21N3O. The highest BCUT2D eigenvalue weighted by atomic mass is 16.5. The summed E-state index contributed by atoms with van der Waals surface area (Å²) >= 11 is 0. The third kappa shape index (κ3) is 3.40. The summed E-state index contributed by atoms with van der Waals surface area (Å²) in [4.78, 5) is 4.14. The molecule has 0 aromatic heterocycles. The molecule has 1 aliphatic rings. The first-order valence-electron chi connectivity index (χ1n) is 8.73. The highest BCUT2D eigenvalue weighted by molar-refractivity contribution is 5.74. The molecule has 0 unspecified atom stereocenters. The zero-order valence-electron chi connectivity index (χ0n) is 14.5. The second-order valence-electron chi connectivity index (χ2n) is 6.22. The molecule has 0 bridgehead atoms. The molecule has 0 atom stereocenters. The molecular weight excluding hydrogens is 322 g/mol. The number of hydrogen-bond acceptors (Lipinski definition) is 4. The Hall–Kier alpha value is -3.27. The molecule has 1 aliphatic heterocycles. The Kier molecular flexibility index (Phi) is 4.56. The summed E-state index contributed by atoms with van der Waals surface area (Å²) in [6.45, 7) is 5.07. The zero-order valence-corrected chi connectivity index (χ0v) is 14.5. The van der Waals surface area contributed by atoms with E-state index in [0.29, 0.717) is 6.73 Å². The molecule has 3 aromatic carbocycles. The molecule has 3 aromatic rings. The standard InChI is InChI=1S/C22H21N3O/c1-23-21-14-17(16-7-9-20-18(13-16)11-12-24-20)8-10-22(21)26-15-25-19-5-3-2-4-6-19/h2-10,13-14,24-25H,1,11-12,15H2. The van der Waals surface area contributed by atoms with Gasteiger partial charge in [0.1, 0.15) is 11.4 Å². The van der Waals surface area contributed by atoms with Gasteiger partial charge in [0.05, 0.1) is 0 Å². The molecule has 4 heteroatoms. The van der Waals surface area contributed by atoms with Gasteiger partial charge in [-0.1, -0.05) is 30.3 Å². The van der Waals surface area contributed by atoms with E-state index < -0.39 is 0 Å². The zero-order chi connectivity index (χ0) is 17.8. The number of benzene rings is 3. The van der Waals surface area contributed by atoms with Crippen LogP contribution in [-0.4, -0.2) is 20.0 Å². The van der Waals surface area contributed by atoms with E-state index in [-0.39, 0.29) is 0 Å². The van der Waals surface area contributed by atoms with Crippen molar-refractivity contribution < 1.29 is 4.74 Å². The maximum atomic E-state index is 5.84. The van der Waals surface area contributed by atoms with E-state index in [1.807, 2.05) is 42.5 Å². The number of para-hydroxylation sites is 1. The Bertz CT molecular complexity index is 922. The Morgan fingerprint density at radius 3 is 2.65 bits per heavy atom. The van der Waals surface area contributed by atoms with Crippen molar-refractivity contribution in [3.63, 3.8) is 0 Å². The topological polar surface area (TPSA) is 45.7 Å². The van der Waals surface area contributed by atoms with Gasteiger partial charge in [0.15, 0.2) is 6.73 Å². The van der Waals surface area contributed by atoms with Gasteiger partial charge in [-0.3, -0.25) is 4.99 Å². The van der Waals surface area contributed by atoms with Gasteiger partial charge in [0.2, 0.25) is 0 Å². The molecule has 0 fully saturated rings. The molecule has 0 radical (unpaired) electrons. The van der Waals surface area contributed by atoms with Gasteiger partial charge in [-0.15, -0.1) is 0 Å². The Morgan fingerprint density at radius 1 is 1.00 bits per heavy atom. The predicted molar refractivity (Wildman–Crippen MR) is 109 cm³/mol. The van der Waals surface area contributed by atoms with Crippen LogP contribution in [0.15, 0.2) is 71.7 Å². The average molecular weight is 343 g/mol. The third-order valence-electron chi connectivity index (χ3n) is 4.56. The van der Waals surface area contributed by atoms with E-state index in [1.165, 1.54) is 16.8 Å². The lowest BCUT2D eigenvalue weighted by Crippen LogP contribution is -2.08.